The van der Waals surface area contributed by atoms with E-state index in [1.807, 2.05) is 22.9 Å². The Morgan fingerprint density at radius 2 is 1.63 bits per heavy atom. The van der Waals surface area contributed by atoms with Gasteiger partial charge in [-0.15, -0.1) is 5.10 Å². The minimum Gasteiger partial charge on any atom is -0.486 e. The number of aryl methyl sites for hydroxylation is 2. The van der Waals surface area contributed by atoms with Crippen LogP contribution in [0.1, 0.15) is 49.1 Å². The largest absolute Gasteiger partial charge is 0.486 e. The van der Waals surface area contributed by atoms with Crippen molar-refractivity contribution in [1.29, 1.82) is 0 Å². The highest BCUT2D eigenvalue weighted by atomic mass is 16.6. The van der Waals surface area contributed by atoms with Gasteiger partial charge in [0.1, 0.15) is 13.2 Å². The second-order valence-electron chi connectivity index (χ2n) is 8.39. The van der Waals surface area contributed by atoms with E-state index in [4.69, 9.17) is 9.47 Å². The number of tetrazole rings is 1. The van der Waals surface area contributed by atoms with Crippen LogP contribution >= 0.6 is 0 Å². The standard InChI is InChI=1S/C23H27N5O2/c1-16-12-17(2)14-18(13-16)24-23(8-4-3-5-9-23)22-25-26-27-28(22)19-6-7-20-21(15-19)30-11-10-29-20/h6-7,12-15,24H,3-5,8-11H2,1-2H3. The first-order valence-electron chi connectivity index (χ1n) is 10.7. The van der Waals surface area contributed by atoms with E-state index in [2.05, 4.69) is 52.9 Å². The minimum atomic E-state index is -0.310. The van der Waals surface area contributed by atoms with Gasteiger partial charge in [0, 0.05) is 11.8 Å². The zero-order valence-corrected chi connectivity index (χ0v) is 17.5. The summed E-state index contributed by atoms with van der Waals surface area (Å²) in [6, 6.07) is 12.5. The topological polar surface area (TPSA) is 74.1 Å². The molecule has 1 N–H and O–H groups in total. The summed E-state index contributed by atoms with van der Waals surface area (Å²) in [5.74, 6) is 2.35. The monoisotopic (exact) mass is 405 g/mol. The number of ether oxygens (including phenoxy) is 2. The van der Waals surface area contributed by atoms with Crippen LogP contribution in [0, 0.1) is 13.8 Å². The van der Waals surface area contributed by atoms with Crippen LogP contribution < -0.4 is 14.8 Å². The molecule has 1 aromatic heterocycles. The van der Waals surface area contributed by atoms with E-state index < -0.39 is 0 Å². The van der Waals surface area contributed by atoms with Gasteiger partial charge in [0.25, 0.3) is 0 Å². The molecular weight excluding hydrogens is 378 g/mol. The summed E-state index contributed by atoms with van der Waals surface area (Å²) in [6.07, 6.45) is 5.51. The van der Waals surface area contributed by atoms with Crippen LogP contribution in [0.4, 0.5) is 5.69 Å². The van der Waals surface area contributed by atoms with Gasteiger partial charge in [0.15, 0.2) is 17.3 Å². The van der Waals surface area contributed by atoms with Crippen LogP contribution in [0.25, 0.3) is 5.69 Å². The Kier molecular flexibility index (Phi) is 4.81. The van der Waals surface area contributed by atoms with E-state index in [-0.39, 0.29) is 5.54 Å². The fraction of sp³-hybridized carbons (Fsp3) is 0.435. The predicted octanol–water partition coefficient (Wildman–Crippen LogP) is 4.32. The average molecular weight is 406 g/mol. The van der Waals surface area contributed by atoms with Gasteiger partial charge in [-0.25, -0.2) is 0 Å². The highest BCUT2D eigenvalue weighted by Gasteiger charge is 2.39. The smallest absolute Gasteiger partial charge is 0.181 e. The van der Waals surface area contributed by atoms with Gasteiger partial charge in [-0.2, -0.15) is 4.68 Å². The summed E-state index contributed by atoms with van der Waals surface area (Å²) in [6.45, 7) is 5.39. The normalized spacial score (nSPS) is 17.5. The quantitative estimate of drug-likeness (QED) is 0.697. The van der Waals surface area contributed by atoms with Crippen molar-refractivity contribution in [3.63, 3.8) is 0 Å². The maximum absolute atomic E-state index is 5.77. The van der Waals surface area contributed by atoms with Crippen LogP contribution in [-0.2, 0) is 5.54 Å². The van der Waals surface area contributed by atoms with Crippen molar-refractivity contribution in [2.45, 2.75) is 51.5 Å². The summed E-state index contributed by atoms with van der Waals surface area (Å²) in [4.78, 5) is 0. The van der Waals surface area contributed by atoms with Crippen molar-refractivity contribution < 1.29 is 9.47 Å². The third-order valence-corrected chi connectivity index (χ3v) is 5.98. The molecule has 0 saturated heterocycles. The fourth-order valence-electron chi connectivity index (χ4n) is 4.71. The molecule has 2 aliphatic rings. The average Bonchev–Trinajstić information content (AvgIpc) is 3.24. The number of hydrogen-bond acceptors (Lipinski definition) is 6. The van der Waals surface area contributed by atoms with Crippen molar-refractivity contribution in [3.05, 3.63) is 53.3 Å². The first kappa shape index (κ1) is 18.9. The SMILES string of the molecule is Cc1cc(C)cc(NC2(c3nnnn3-c3ccc4c(c3)OCCO4)CCCCC2)c1. The van der Waals surface area contributed by atoms with Gasteiger partial charge in [-0.05, 0) is 72.5 Å². The number of anilines is 1. The Labute approximate surface area is 176 Å². The Balaban J connectivity index is 1.56. The zero-order chi connectivity index (χ0) is 20.6. The molecule has 156 valence electrons. The molecule has 3 aromatic rings. The van der Waals surface area contributed by atoms with Crippen molar-refractivity contribution in [1.82, 2.24) is 20.2 Å². The van der Waals surface area contributed by atoms with Crippen molar-refractivity contribution in [3.8, 4) is 17.2 Å². The molecule has 7 nitrogen and oxygen atoms in total. The third kappa shape index (κ3) is 3.49. The maximum atomic E-state index is 5.77. The molecule has 0 spiro atoms. The van der Waals surface area contributed by atoms with Gasteiger partial charge in [-0.1, -0.05) is 25.3 Å². The molecule has 5 rings (SSSR count). The lowest BCUT2D eigenvalue weighted by Gasteiger charge is -2.38. The van der Waals surface area contributed by atoms with Gasteiger partial charge < -0.3 is 14.8 Å². The molecule has 1 aliphatic heterocycles. The van der Waals surface area contributed by atoms with Crippen LogP contribution in [-0.4, -0.2) is 33.4 Å². The molecule has 0 radical (unpaired) electrons. The Bertz CT molecular complexity index is 1040. The van der Waals surface area contributed by atoms with Gasteiger partial charge in [-0.3, -0.25) is 0 Å². The summed E-state index contributed by atoms with van der Waals surface area (Å²) < 4.78 is 13.3. The molecule has 1 saturated carbocycles. The zero-order valence-electron chi connectivity index (χ0n) is 17.5. The third-order valence-electron chi connectivity index (χ3n) is 5.98. The summed E-state index contributed by atoms with van der Waals surface area (Å²) in [5.41, 5.74) is 4.18. The molecule has 30 heavy (non-hydrogen) atoms. The number of rotatable bonds is 4. The molecule has 0 unspecified atom stereocenters. The number of nitrogens with zero attached hydrogens (tertiary/aromatic N) is 4. The lowest BCUT2D eigenvalue weighted by Crippen LogP contribution is -2.40. The molecule has 0 bridgehead atoms. The van der Waals surface area contributed by atoms with E-state index in [1.54, 1.807) is 0 Å². The Morgan fingerprint density at radius 3 is 2.40 bits per heavy atom. The molecule has 7 heteroatoms. The van der Waals surface area contributed by atoms with Gasteiger partial charge in [0.05, 0.1) is 11.2 Å². The number of nitrogens with one attached hydrogen (secondary N) is 1. The number of hydrogen-bond donors (Lipinski definition) is 1. The van der Waals surface area contributed by atoms with E-state index in [0.29, 0.717) is 13.2 Å². The van der Waals surface area contributed by atoms with E-state index in [0.717, 1.165) is 54.4 Å². The molecule has 1 aliphatic carbocycles. The fourth-order valence-corrected chi connectivity index (χ4v) is 4.71. The predicted molar refractivity (Wildman–Crippen MR) is 114 cm³/mol. The maximum Gasteiger partial charge on any atom is 0.181 e. The molecule has 0 atom stereocenters. The lowest BCUT2D eigenvalue weighted by atomic mass is 9.80. The van der Waals surface area contributed by atoms with Crippen molar-refractivity contribution >= 4 is 5.69 Å². The van der Waals surface area contributed by atoms with Crippen molar-refractivity contribution in [2.24, 2.45) is 0 Å². The second-order valence-corrected chi connectivity index (χ2v) is 8.39. The molecule has 2 aromatic carbocycles. The Morgan fingerprint density at radius 1 is 0.900 bits per heavy atom. The minimum absolute atomic E-state index is 0.310. The Hall–Kier alpha value is -3.09. The first-order valence-corrected chi connectivity index (χ1v) is 10.7. The number of benzene rings is 2. The van der Waals surface area contributed by atoms with E-state index in [1.165, 1.54) is 17.5 Å². The van der Waals surface area contributed by atoms with Gasteiger partial charge in [0.2, 0.25) is 0 Å². The number of aromatic nitrogens is 4. The first-order chi connectivity index (χ1) is 14.6. The highest BCUT2D eigenvalue weighted by molar-refractivity contribution is 5.53. The van der Waals surface area contributed by atoms with Crippen molar-refractivity contribution in [2.75, 3.05) is 18.5 Å². The molecule has 0 amide bonds. The molecule has 1 fully saturated rings. The summed E-state index contributed by atoms with van der Waals surface area (Å²) in [5, 5.41) is 16.8. The van der Waals surface area contributed by atoms with E-state index in [9.17, 15) is 0 Å². The second kappa shape index (κ2) is 7.63. The lowest BCUT2D eigenvalue weighted by molar-refractivity contribution is 0.171. The van der Waals surface area contributed by atoms with Crippen LogP contribution in [0.15, 0.2) is 36.4 Å². The summed E-state index contributed by atoms with van der Waals surface area (Å²) >= 11 is 0. The summed E-state index contributed by atoms with van der Waals surface area (Å²) in [7, 11) is 0. The highest BCUT2D eigenvalue weighted by Crippen LogP contribution is 2.40. The van der Waals surface area contributed by atoms with Crippen LogP contribution in [0.3, 0.4) is 0 Å². The molecular formula is C23H27N5O2. The van der Waals surface area contributed by atoms with E-state index >= 15 is 0 Å². The van der Waals surface area contributed by atoms with Crippen LogP contribution in [0.5, 0.6) is 11.5 Å². The van der Waals surface area contributed by atoms with Crippen LogP contribution in [0.2, 0.25) is 0 Å². The number of fused-ring (bicyclic) bond motifs is 1. The van der Waals surface area contributed by atoms with Gasteiger partial charge >= 0.3 is 0 Å². The molecule has 2 heterocycles.